The van der Waals surface area contributed by atoms with Crippen LogP contribution in [-0.4, -0.2) is 45.6 Å². The number of likely N-dealkylation sites (tertiary alicyclic amines) is 1. The monoisotopic (exact) mass is 338 g/mol. The second-order valence-corrected chi connectivity index (χ2v) is 7.40. The fraction of sp³-hybridized carbons (Fsp3) is 0.500. The van der Waals surface area contributed by atoms with Gasteiger partial charge in [-0.05, 0) is 42.7 Å². The van der Waals surface area contributed by atoms with Crippen LogP contribution in [-0.2, 0) is 11.2 Å². The number of carbonyl (C=O) groups excluding carboxylic acids is 1. The summed E-state index contributed by atoms with van der Waals surface area (Å²) in [5.41, 5.74) is 3.57. The van der Waals surface area contributed by atoms with Crippen LogP contribution in [0.25, 0.3) is 5.70 Å². The topological polar surface area (TPSA) is 73.7 Å². The van der Waals surface area contributed by atoms with Crippen LogP contribution in [0.1, 0.15) is 48.7 Å². The maximum Gasteiger partial charge on any atom is 0.177 e. The number of rotatable bonds is 3. The Morgan fingerprint density at radius 3 is 2.60 bits per heavy atom. The molecule has 5 nitrogen and oxygen atoms in total. The highest BCUT2D eigenvalue weighted by atomic mass is 16.3. The van der Waals surface area contributed by atoms with E-state index in [9.17, 15) is 15.0 Å². The number of carbonyl (C=O) groups is 1. The molecule has 1 aromatic heterocycles. The predicted octanol–water partition coefficient (Wildman–Crippen LogP) is 1.45. The largest absolute Gasteiger partial charge is 0.393 e. The molecule has 1 spiro atoms. The van der Waals surface area contributed by atoms with Gasteiger partial charge in [0.2, 0.25) is 0 Å². The predicted molar refractivity (Wildman–Crippen MR) is 93.2 cm³/mol. The molecule has 0 aromatic carbocycles. The Balaban J connectivity index is 1.76. The van der Waals surface area contributed by atoms with Crippen molar-refractivity contribution in [1.82, 2.24) is 9.88 Å². The summed E-state index contributed by atoms with van der Waals surface area (Å²) in [6.45, 7) is 1.36. The van der Waals surface area contributed by atoms with Crippen molar-refractivity contribution in [2.45, 2.75) is 38.2 Å². The van der Waals surface area contributed by atoms with Crippen LogP contribution in [0, 0.1) is 17.8 Å². The molecular weight excluding hydrogens is 316 g/mol. The summed E-state index contributed by atoms with van der Waals surface area (Å²) < 4.78 is 0. The van der Waals surface area contributed by atoms with Crippen LogP contribution in [0.5, 0.6) is 0 Å². The summed E-state index contributed by atoms with van der Waals surface area (Å²) in [4.78, 5) is 19.3. The number of pyridine rings is 1. The summed E-state index contributed by atoms with van der Waals surface area (Å²) in [5.74, 6) is 2.53. The molecule has 1 atom stereocenters. The number of Topliss-reactive ketones (excluding diaryl/α,β-unsaturated/α-hetero) is 1. The molecule has 1 unspecified atom stereocenters. The van der Waals surface area contributed by atoms with Gasteiger partial charge < -0.3 is 15.1 Å². The molecule has 1 aromatic rings. The van der Waals surface area contributed by atoms with E-state index in [2.05, 4.69) is 15.8 Å². The Morgan fingerprint density at radius 2 is 2.00 bits per heavy atom. The minimum atomic E-state index is -1.03. The molecule has 1 saturated carbocycles. The van der Waals surface area contributed by atoms with Gasteiger partial charge in [0.1, 0.15) is 6.10 Å². The number of aliphatic hydroxyl groups excluding tert-OH is 2. The molecule has 130 valence electrons. The zero-order valence-electron chi connectivity index (χ0n) is 14.2. The third-order valence-electron chi connectivity index (χ3n) is 5.85. The Morgan fingerprint density at radius 1 is 1.28 bits per heavy atom. The number of nitrogens with zero attached hydrogens (tertiary/aromatic N) is 2. The van der Waals surface area contributed by atoms with Gasteiger partial charge in [0.15, 0.2) is 5.78 Å². The van der Waals surface area contributed by atoms with E-state index in [4.69, 9.17) is 6.42 Å². The summed E-state index contributed by atoms with van der Waals surface area (Å²) >= 11 is 0. The number of aliphatic hydroxyl groups is 2. The second-order valence-electron chi connectivity index (χ2n) is 7.40. The number of piperidine rings is 1. The van der Waals surface area contributed by atoms with Crippen molar-refractivity contribution in [3.8, 4) is 12.3 Å². The van der Waals surface area contributed by atoms with E-state index >= 15 is 0 Å². The van der Waals surface area contributed by atoms with Gasteiger partial charge in [0.25, 0.3) is 0 Å². The Bertz CT molecular complexity index is 792. The van der Waals surface area contributed by atoms with Crippen LogP contribution in [0.2, 0.25) is 0 Å². The summed E-state index contributed by atoms with van der Waals surface area (Å²) in [6.07, 6.45) is 9.73. The molecule has 5 heteroatoms. The van der Waals surface area contributed by atoms with Gasteiger partial charge in [-0.25, -0.2) is 4.98 Å². The van der Waals surface area contributed by atoms with Crippen molar-refractivity contribution in [3.05, 3.63) is 34.7 Å². The molecule has 1 saturated heterocycles. The molecule has 0 bridgehead atoms. The summed E-state index contributed by atoms with van der Waals surface area (Å²) in [6, 6.07) is 3.48. The minimum Gasteiger partial charge on any atom is -0.393 e. The zero-order valence-corrected chi connectivity index (χ0v) is 14.2. The molecule has 0 amide bonds. The minimum absolute atomic E-state index is 0.0473. The Labute approximate surface area is 147 Å². The first kappa shape index (κ1) is 16.3. The molecule has 1 aliphatic heterocycles. The van der Waals surface area contributed by atoms with E-state index in [1.807, 2.05) is 6.07 Å². The average molecular weight is 338 g/mol. The zero-order chi connectivity index (χ0) is 17.6. The number of terminal acetylenes is 1. The SMILES string of the molecule is C#CC1=C(N2CCC3(CC2)CC3)c2nc(C(O)CO)ccc2CC1=O. The number of hydrogen-bond donors (Lipinski definition) is 2. The first-order valence-corrected chi connectivity index (χ1v) is 8.85. The van der Waals surface area contributed by atoms with Crippen LogP contribution in [0.3, 0.4) is 0 Å². The lowest BCUT2D eigenvalue weighted by molar-refractivity contribution is -0.114. The fourth-order valence-corrected chi connectivity index (χ4v) is 3.98. The first-order chi connectivity index (χ1) is 12.1. The third-order valence-corrected chi connectivity index (χ3v) is 5.85. The highest BCUT2D eigenvalue weighted by molar-refractivity contribution is 6.09. The van der Waals surface area contributed by atoms with Crippen molar-refractivity contribution in [1.29, 1.82) is 0 Å². The van der Waals surface area contributed by atoms with E-state index in [0.29, 0.717) is 22.4 Å². The molecule has 0 radical (unpaired) electrons. The molecule has 25 heavy (non-hydrogen) atoms. The van der Waals surface area contributed by atoms with Gasteiger partial charge in [0.05, 0.1) is 29.3 Å². The normalized spacial score (nSPS) is 22.6. The van der Waals surface area contributed by atoms with Crippen molar-refractivity contribution in [2.75, 3.05) is 19.7 Å². The molecule has 2 heterocycles. The van der Waals surface area contributed by atoms with E-state index < -0.39 is 12.7 Å². The van der Waals surface area contributed by atoms with E-state index in [1.165, 1.54) is 12.8 Å². The maximum absolute atomic E-state index is 12.5. The summed E-state index contributed by atoms with van der Waals surface area (Å²) in [5, 5.41) is 19.1. The summed E-state index contributed by atoms with van der Waals surface area (Å²) in [7, 11) is 0. The second kappa shape index (κ2) is 5.98. The molecule has 4 rings (SSSR count). The number of fused-ring (bicyclic) bond motifs is 1. The lowest BCUT2D eigenvalue weighted by Gasteiger charge is -2.37. The smallest absolute Gasteiger partial charge is 0.177 e. The van der Waals surface area contributed by atoms with Crippen molar-refractivity contribution in [3.63, 3.8) is 0 Å². The third kappa shape index (κ3) is 2.76. The van der Waals surface area contributed by atoms with Gasteiger partial charge in [-0.2, -0.15) is 0 Å². The number of ketones is 1. The number of hydrogen-bond acceptors (Lipinski definition) is 5. The maximum atomic E-state index is 12.5. The van der Waals surface area contributed by atoms with Crippen molar-refractivity contribution >= 4 is 11.5 Å². The van der Waals surface area contributed by atoms with Crippen LogP contribution >= 0.6 is 0 Å². The van der Waals surface area contributed by atoms with Gasteiger partial charge >= 0.3 is 0 Å². The number of aromatic nitrogens is 1. The lowest BCUT2D eigenvalue weighted by atomic mass is 9.88. The van der Waals surface area contributed by atoms with Gasteiger partial charge in [-0.15, -0.1) is 6.42 Å². The first-order valence-electron chi connectivity index (χ1n) is 8.85. The highest BCUT2D eigenvalue weighted by Gasteiger charge is 2.45. The quantitative estimate of drug-likeness (QED) is 0.816. The lowest BCUT2D eigenvalue weighted by Crippen LogP contribution is -2.36. The van der Waals surface area contributed by atoms with Crippen molar-refractivity contribution < 1.29 is 15.0 Å². The van der Waals surface area contributed by atoms with Crippen LogP contribution < -0.4 is 0 Å². The van der Waals surface area contributed by atoms with Crippen molar-refractivity contribution in [2.24, 2.45) is 5.41 Å². The standard InChI is InChI=1S/C20H22N2O3/c1-2-14-16(24)11-13-3-4-15(17(25)12-23)21-18(13)19(14)22-9-7-20(5-6-20)8-10-22/h1,3-4,17,23,25H,5-12H2. The molecule has 2 aliphatic carbocycles. The molecular formula is C20H22N2O3. The Kier molecular flexibility index (Phi) is 3.90. The van der Waals surface area contributed by atoms with E-state index in [0.717, 1.165) is 37.2 Å². The fourth-order valence-electron chi connectivity index (χ4n) is 3.98. The van der Waals surface area contributed by atoms with Gasteiger partial charge in [-0.3, -0.25) is 4.79 Å². The van der Waals surface area contributed by atoms with Gasteiger partial charge in [0, 0.05) is 19.5 Å². The average Bonchev–Trinajstić information content (AvgIpc) is 3.39. The van der Waals surface area contributed by atoms with Gasteiger partial charge in [-0.1, -0.05) is 12.0 Å². The molecule has 2 N–H and O–H groups in total. The number of allylic oxidation sites excluding steroid dienone is 1. The highest BCUT2D eigenvalue weighted by Crippen LogP contribution is 2.54. The Hall–Kier alpha value is -2.16. The van der Waals surface area contributed by atoms with E-state index in [1.54, 1.807) is 6.07 Å². The molecule has 2 fully saturated rings. The van der Waals surface area contributed by atoms with Crippen LogP contribution in [0.4, 0.5) is 0 Å². The van der Waals surface area contributed by atoms with E-state index in [-0.39, 0.29) is 12.2 Å². The van der Waals surface area contributed by atoms with Crippen LogP contribution in [0.15, 0.2) is 17.7 Å². The molecule has 3 aliphatic rings.